The van der Waals surface area contributed by atoms with Crippen LogP contribution in [0, 0.1) is 0 Å². The second-order valence-electron chi connectivity index (χ2n) is 2.83. The van der Waals surface area contributed by atoms with E-state index in [1.807, 2.05) is 38.1 Å². The molecule has 14 heavy (non-hydrogen) atoms. The van der Waals surface area contributed by atoms with Gasteiger partial charge < -0.3 is 9.47 Å². The topological polar surface area (TPSA) is 18.5 Å². The lowest BCUT2D eigenvalue weighted by molar-refractivity contribution is -0.139. The fourth-order valence-electron chi connectivity index (χ4n) is 1.23. The smallest absolute Gasteiger partial charge is 0.183 e. The van der Waals surface area contributed by atoms with Crippen LogP contribution in [0.4, 0.5) is 0 Å². The molecule has 0 heterocycles. The van der Waals surface area contributed by atoms with Crippen LogP contribution in [0.5, 0.6) is 0 Å². The second kappa shape index (κ2) is 5.96. The highest BCUT2D eigenvalue weighted by atomic mass is 28.1. The Morgan fingerprint density at radius 2 is 1.71 bits per heavy atom. The highest BCUT2D eigenvalue weighted by molar-refractivity contribution is 6.33. The number of ether oxygens (including phenoxy) is 2. The van der Waals surface area contributed by atoms with Crippen molar-refractivity contribution in [1.29, 1.82) is 0 Å². The Morgan fingerprint density at radius 3 is 2.21 bits per heavy atom. The van der Waals surface area contributed by atoms with Crippen molar-refractivity contribution in [3.63, 3.8) is 0 Å². The molecule has 3 radical (unpaired) electrons. The molecule has 0 aliphatic carbocycles. The van der Waals surface area contributed by atoms with Crippen LogP contribution in [0.1, 0.15) is 25.7 Å². The van der Waals surface area contributed by atoms with Crippen molar-refractivity contribution in [1.82, 2.24) is 0 Å². The van der Waals surface area contributed by atoms with Gasteiger partial charge >= 0.3 is 0 Å². The standard InChI is InChI=1S/C11H15O2Si/c1-3-12-11(13-4-2)9-7-5-6-8-10(9)14/h5-8,11H,3-4H2,1-2H3. The van der Waals surface area contributed by atoms with Gasteiger partial charge in [-0.25, -0.2) is 0 Å². The molecule has 1 rings (SSSR count). The summed E-state index contributed by atoms with van der Waals surface area (Å²) in [6.07, 6.45) is -0.265. The van der Waals surface area contributed by atoms with Gasteiger partial charge in [-0.15, -0.1) is 0 Å². The van der Waals surface area contributed by atoms with E-state index in [1.165, 1.54) is 0 Å². The van der Waals surface area contributed by atoms with Gasteiger partial charge in [-0.1, -0.05) is 29.5 Å². The van der Waals surface area contributed by atoms with Gasteiger partial charge in [0.2, 0.25) is 0 Å². The van der Waals surface area contributed by atoms with Gasteiger partial charge in [-0.3, -0.25) is 0 Å². The summed E-state index contributed by atoms with van der Waals surface area (Å²) in [7, 11) is 3.53. The summed E-state index contributed by atoms with van der Waals surface area (Å²) in [5.74, 6) is 0. The summed E-state index contributed by atoms with van der Waals surface area (Å²) in [6, 6.07) is 7.93. The van der Waals surface area contributed by atoms with Gasteiger partial charge in [0.25, 0.3) is 0 Å². The van der Waals surface area contributed by atoms with Crippen molar-refractivity contribution in [2.75, 3.05) is 13.2 Å². The highest BCUT2D eigenvalue weighted by Gasteiger charge is 2.12. The van der Waals surface area contributed by atoms with Gasteiger partial charge in [0.1, 0.15) is 0 Å². The van der Waals surface area contributed by atoms with E-state index in [-0.39, 0.29) is 6.29 Å². The summed E-state index contributed by atoms with van der Waals surface area (Å²) in [6.45, 7) is 5.21. The van der Waals surface area contributed by atoms with Crippen LogP contribution in [-0.4, -0.2) is 23.5 Å². The Morgan fingerprint density at radius 1 is 1.14 bits per heavy atom. The molecular weight excluding hydrogens is 192 g/mol. The van der Waals surface area contributed by atoms with E-state index < -0.39 is 0 Å². The molecule has 0 aromatic heterocycles. The third-order valence-corrected chi connectivity index (χ3v) is 2.31. The lowest BCUT2D eigenvalue weighted by atomic mass is 10.2. The molecule has 0 saturated heterocycles. The van der Waals surface area contributed by atoms with Crippen molar-refractivity contribution in [2.45, 2.75) is 20.1 Å². The van der Waals surface area contributed by atoms with Crippen molar-refractivity contribution < 1.29 is 9.47 Å². The molecule has 2 nitrogen and oxygen atoms in total. The summed E-state index contributed by atoms with van der Waals surface area (Å²) in [5, 5.41) is 1.01. The number of benzene rings is 1. The molecule has 0 saturated carbocycles. The lowest BCUT2D eigenvalue weighted by Gasteiger charge is -2.18. The molecule has 0 spiro atoms. The molecule has 0 bridgehead atoms. The Kier molecular flexibility index (Phi) is 4.86. The zero-order valence-corrected chi connectivity index (χ0v) is 9.62. The molecule has 0 aliphatic rings. The van der Waals surface area contributed by atoms with Crippen LogP contribution < -0.4 is 5.19 Å². The van der Waals surface area contributed by atoms with E-state index in [1.54, 1.807) is 0 Å². The minimum atomic E-state index is -0.265. The normalized spacial score (nSPS) is 10.9. The first-order valence-corrected chi connectivity index (χ1v) is 5.33. The van der Waals surface area contributed by atoms with Gasteiger partial charge in [0.15, 0.2) is 6.29 Å². The maximum atomic E-state index is 5.50. The maximum absolute atomic E-state index is 5.50. The van der Waals surface area contributed by atoms with E-state index in [0.717, 1.165) is 10.8 Å². The van der Waals surface area contributed by atoms with E-state index in [9.17, 15) is 0 Å². The average molecular weight is 207 g/mol. The van der Waals surface area contributed by atoms with Crippen molar-refractivity contribution in [3.8, 4) is 0 Å². The van der Waals surface area contributed by atoms with Crippen molar-refractivity contribution in [2.24, 2.45) is 0 Å². The average Bonchev–Trinajstić information content (AvgIpc) is 2.18. The molecule has 1 aromatic carbocycles. The predicted molar refractivity (Wildman–Crippen MR) is 57.8 cm³/mol. The fourth-order valence-corrected chi connectivity index (χ4v) is 1.53. The van der Waals surface area contributed by atoms with Crippen LogP contribution in [-0.2, 0) is 9.47 Å². The van der Waals surface area contributed by atoms with Crippen LogP contribution in [0.25, 0.3) is 0 Å². The van der Waals surface area contributed by atoms with Gasteiger partial charge in [0, 0.05) is 18.8 Å². The Hall–Kier alpha value is -0.643. The molecule has 0 unspecified atom stereocenters. The first-order valence-electron chi connectivity index (χ1n) is 4.83. The number of rotatable bonds is 5. The van der Waals surface area contributed by atoms with Crippen LogP contribution in [0.3, 0.4) is 0 Å². The Balaban J connectivity index is 2.81. The van der Waals surface area contributed by atoms with Gasteiger partial charge in [0.05, 0.1) is 10.2 Å². The van der Waals surface area contributed by atoms with Crippen LogP contribution >= 0.6 is 0 Å². The summed E-state index contributed by atoms with van der Waals surface area (Å²) < 4.78 is 11.0. The SMILES string of the molecule is CCOC(OCC)c1ccccc1[Si]. The molecule has 0 amide bonds. The zero-order valence-electron chi connectivity index (χ0n) is 8.62. The summed E-state index contributed by atoms with van der Waals surface area (Å²) in [4.78, 5) is 0. The number of hydrogen-bond acceptors (Lipinski definition) is 2. The quantitative estimate of drug-likeness (QED) is 0.539. The van der Waals surface area contributed by atoms with Crippen molar-refractivity contribution in [3.05, 3.63) is 29.8 Å². The molecule has 3 heteroatoms. The molecule has 0 fully saturated rings. The first-order chi connectivity index (χ1) is 6.79. The largest absolute Gasteiger partial charge is 0.349 e. The third kappa shape index (κ3) is 2.94. The fraction of sp³-hybridized carbons (Fsp3) is 0.455. The Bertz CT molecular complexity index is 270. The lowest BCUT2D eigenvalue weighted by Crippen LogP contribution is -2.18. The monoisotopic (exact) mass is 207 g/mol. The van der Waals surface area contributed by atoms with Crippen LogP contribution in [0.15, 0.2) is 24.3 Å². The predicted octanol–water partition coefficient (Wildman–Crippen LogP) is 1.55. The first kappa shape index (κ1) is 11.4. The minimum absolute atomic E-state index is 0.265. The molecule has 0 atom stereocenters. The third-order valence-electron chi connectivity index (χ3n) is 1.85. The van der Waals surface area contributed by atoms with E-state index in [2.05, 4.69) is 10.2 Å². The van der Waals surface area contributed by atoms with Gasteiger partial charge in [-0.05, 0) is 13.8 Å². The minimum Gasteiger partial charge on any atom is -0.349 e. The van der Waals surface area contributed by atoms with E-state index in [4.69, 9.17) is 9.47 Å². The van der Waals surface area contributed by atoms with Crippen LogP contribution in [0.2, 0.25) is 0 Å². The molecule has 75 valence electrons. The Labute approximate surface area is 88.7 Å². The zero-order chi connectivity index (χ0) is 10.4. The summed E-state index contributed by atoms with van der Waals surface area (Å²) in [5.41, 5.74) is 1.04. The van der Waals surface area contributed by atoms with Gasteiger partial charge in [-0.2, -0.15) is 0 Å². The maximum Gasteiger partial charge on any atom is 0.183 e. The van der Waals surface area contributed by atoms with E-state index in [0.29, 0.717) is 13.2 Å². The van der Waals surface area contributed by atoms with Crippen molar-refractivity contribution >= 4 is 15.4 Å². The second-order valence-corrected chi connectivity index (χ2v) is 3.37. The van der Waals surface area contributed by atoms with E-state index >= 15 is 0 Å². The number of hydrogen-bond donors (Lipinski definition) is 0. The molecule has 1 aromatic rings. The molecule has 0 N–H and O–H groups in total. The molecular formula is C11H15O2Si. The summed E-state index contributed by atoms with van der Waals surface area (Å²) >= 11 is 0. The molecule has 0 aliphatic heterocycles. The highest BCUT2D eigenvalue weighted by Crippen LogP contribution is 2.16.